The normalized spacial score (nSPS) is 25.6. The zero-order valence-corrected chi connectivity index (χ0v) is 11.6. The molecule has 0 saturated carbocycles. The van der Waals surface area contributed by atoms with E-state index in [0.717, 1.165) is 31.1 Å². The number of thioether (sulfide) groups is 1. The Kier molecular flexibility index (Phi) is 3.50. The van der Waals surface area contributed by atoms with Crippen LogP contribution in [0, 0.1) is 0 Å². The minimum Gasteiger partial charge on any atom is -0.493 e. The highest BCUT2D eigenvalue weighted by atomic mass is 32.2. The highest BCUT2D eigenvalue weighted by Crippen LogP contribution is 2.30. The number of nitrogens with two attached hydrogens (primary N) is 1. The maximum Gasteiger partial charge on any atom is 0.122 e. The molecule has 2 heterocycles. The van der Waals surface area contributed by atoms with Gasteiger partial charge in [0, 0.05) is 36.6 Å². The van der Waals surface area contributed by atoms with Crippen LogP contribution >= 0.6 is 11.8 Å². The topological polar surface area (TPSA) is 38.5 Å². The van der Waals surface area contributed by atoms with Gasteiger partial charge in [0.15, 0.2) is 0 Å². The van der Waals surface area contributed by atoms with Gasteiger partial charge in [0.05, 0.1) is 6.61 Å². The summed E-state index contributed by atoms with van der Waals surface area (Å²) in [5.41, 5.74) is 9.02. The Morgan fingerprint density at radius 2 is 2.39 bits per heavy atom. The van der Waals surface area contributed by atoms with Gasteiger partial charge in [-0.2, -0.15) is 11.8 Å². The Morgan fingerprint density at radius 3 is 3.22 bits per heavy atom. The van der Waals surface area contributed by atoms with Crippen molar-refractivity contribution in [1.82, 2.24) is 4.90 Å². The number of hydrogen-bond donors (Lipinski definition) is 1. The van der Waals surface area contributed by atoms with Crippen LogP contribution in [0.5, 0.6) is 5.75 Å². The third-order valence-electron chi connectivity index (χ3n) is 3.96. The first-order chi connectivity index (χ1) is 8.75. The fraction of sp³-hybridized carbons (Fsp3) is 0.571. The van der Waals surface area contributed by atoms with Crippen molar-refractivity contribution >= 4 is 11.8 Å². The molecule has 0 aliphatic carbocycles. The van der Waals surface area contributed by atoms with E-state index in [0.29, 0.717) is 6.04 Å². The Morgan fingerprint density at radius 1 is 1.50 bits per heavy atom. The average Bonchev–Trinajstić information content (AvgIpc) is 2.85. The molecule has 1 aromatic rings. The van der Waals surface area contributed by atoms with Gasteiger partial charge in [0.25, 0.3) is 0 Å². The smallest absolute Gasteiger partial charge is 0.122 e. The second-order valence-corrected chi connectivity index (χ2v) is 6.26. The van der Waals surface area contributed by atoms with Gasteiger partial charge in [-0.15, -0.1) is 0 Å². The second kappa shape index (κ2) is 5.11. The molecular weight excluding hydrogens is 244 g/mol. The van der Waals surface area contributed by atoms with Crippen molar-refractivity contribution in [3.05, 3.63) is 29.3 Å². The van der Waals surface area contributed by atoms with Gasteiger partial charge >= 0.3 is 0 Å². The van der Waals surface area contributed by atoms with Crippen LogP contribution in [0.2, 0.25) is 0 Å². The van der Waals surface area contributed by atoms with Crippen LogP contribution < -0.4 is 10.5 Å². The van der Waals surface area contributed by atoms with E-state index < -0.39 is 0 Å². The molecule has 4 heteroatoms. The average molecular weight is 264 g/mol. The predicted molar refractivity (Wildman–Crippen MR) is 76.3 cm³/mol. The van der Waals surface area contributed by atoms with E-state index in [2.05, 4.69) is 30.1 Å². The molecule has 0 radical (unpaired) electrons. The molecule has 3 nitrogen and oxygen atoms in total. The summed E-state index contributed by atoms with van der Waals surface area (Å²) >= 11 is 2.01. The number of benzene rings is 1. The van der Waals surface area contributed by atoms with Gasteiger partial charge in [-0.25, -0.2) is 0 Å². The van der Waals surface area contributed by atoms with Gasteiger partial charge in [0.1, 0.15) is 5.75 Å². The van der Waals surface area contributed by atoms with Crippen LogP contribution in [0.3, 0.4) is 0 Å². The lowest BCUT2D eigenvalue weighted by Gasteiger charge is -2.36. The SMILES string of the molecule is CN1CCSCC1C(N)c1ccc2c(c1)CCO2. The minimum absolute atomic E-state index is 0.105. The second-order valence-electron chi connectivity index (χ2n) is 5.11. The number of likely N-dealkylation sites (N-methyl/N-ethyl adjacent to an activating group) is 1. The number of fused-ring (bicyclic) bond motifs is 1. The highest BCUT2D eigenvalue weighted by molar-refractivity contribution is 7.99. The molecule has 1 aromatic carbocycles. The lowest BCUT2D eigenvalue weighted by molar-refractivity contribution is 0.237. The van der Waals surface area contributed by atoms with Gasteiger partial charge in [-0.1, -0.05) is 12.1 Å². The van der Waals surface area contributed by atoms with Crippen molar-refractivity contribution < 1.29 is 4.74 Å². The van der Waals surface area contributed by atoms with Crippen molar-refractivity contribution in [2.75, 3.05) is 31.7 Å². The van der Waals surface area contributed by atoms with E-state index in [4.69, 9.17) is 10.5 Å². The van der Waals surface area contributed by atoms with E-state index in [1.54, 1.807) is 0 Å². The maximum atomic E-state index is 6.46. The quantitative estimate of drug-likeness (QED) is 0.882. The molecule has 2 aliphatic rings. The molecule has 2 atom stereocenters. The summed E-state index contributed by atoms with van der Waals surface area (Å²) in [6.45, 7) is 1.95. The maximum absolute atomic E-state index is 6.46. The minimum atomic E-state index is 0.105. The van der Waals surface area contributed by atoms with Crippen LogP contribution in [-0.2, 0) is 6.42 Å². The molecule has 1 saturated heterocycles. The summed E-state index contributed by atoms with van der Waals surface area (Å²) in [5, 5.41) is 0. The summed E-state index contributed by atoms with van der Waals surface area (Å²) in [6, 6.07) is 6.99. The Hall–Kier alpha value is -0.710. The van der Waals surface area contributed by atoms with Gasteiger partial charge in [-0.3, -0.25) is 4.90 Å². The molecule has 2 N–H and O–H groups in total. The molecule has 0 bridgehead atoms. The van der Waals surface area contributed by atoms with Crippen molar-refractivity contribution in [2.45, 2.75) is 18.5 Å². The monoisotopic (exact) mass is 264 g/mol. The van der Waals surface area contributed by atoms with Crippen LogP contribution in [0.1, 0.15) is 17.2 Å². The van der Waals surface area contributed by atoms with Crippen molar-refractivity contribution in [2.24, 2.45) is 5.73 Å². The van der Waals surface area contributed by atoms with Gasteiger partial charge in [-0.05, 0) is 24.2 Å². The van der Waals surface area contributed by atoms with E-state index in [1.165, 1.54) is 16.9 Å². The van der Waals surface area contributed by atoms with E-state index >= 15 is 0 Å². The molecule has 18 heavy (non-hydrogen) atoms. The molecule has 0 aromatic heterocycles. The number of ether oxygens (including phenoxy) is 1. The van der Waals surface area contributed by atoms with Crippen LogP contribution in [0.4, 0.5) is 0 Å². The van der Waals surface area contributed by atoms with E-state index in [1.807, 2.05) is 11.8 Å². The molecule has 2 aliphatic heterocycles. The summed E-state index contributed by atoms with van der Waals surface area (Å²) in [5.74, 6) is 3.39. The van der Waals surface area contributed by atoms with Gasteiger partial charge < -0.3 is 10.5 Å². The third kappa shape index (κ3) is 2.25. The summed E-state index contributed by atoms with van der Waals surface area (Å²) < 4.78 is 5.54. The predicted octanol–water partition coefficient (Wildman–Crippen LogP) is 1.67. The molecule has 0 spiro atoms. The molecule has 2 unspecified atom stereocenters. The third-order valence-corrected chi connectivity index (χ3v) is 5.00. The Bertz CT molecular complexity index is 438. The fourth-order valence-electron chi connectivity index (χ4n) is 2.72. The fourth-order valence-corrected chi connectivity index (χ4v) is 4.01. The van der Waals surface area contributed by atoms with E-state index in [9.17, 15) is 0 Å². The first-order valence-electron chi connectivity index (χ1n) is 6.55. The van der Waals surface area contributed by atoms with Crippen LogP contribution in [0.25, 0.3) is 0 Å². The van der Waals surface area contributed by atoms with Crippen LogP contribution in [-0.4, -0.2) is 42.6 Å². The summed E-state index contributed by atoms with van der Waals surface area (Å²) in [6.07, 6.45) is 1.02. The van der Waals surface area contributed by atoms with Gasteiger partial charge in [0.2, 0.25) is 0 Å². The molecular formula is C14H20N2OS. The molecule has 0 amide bonds. The highest BCUT2D eigenvalue weighted by Gasteiger charge is 2.27. The van der Waals surface area contributed by atoms with Crippen molar-refractivity contribution in [3.8, 4) is 5.75 Å². The first kappa shape index (κ1) is 12.3. The molecule has 3 rings (SSSR count). The first-order valence-corrected chi connectivity index (χ1v) is 7.70. The number of nitrogens with zero attached hydrogens (tertiary/aromatic N) is 1. The standard InChI is InChI=1S/C14H20N2OS/c1-16-5-7-18-9-12(16)14(15)11-2-3-13-10(8-11)4-6-17-13/h2-3,8,12,14H,4-7,9,15H2,1H3. The van der Waals surface area contributed by atoms with Crippen LogP contribution in [0.15, 0.2) is 18.2 Å². The zero-order chi connectivity index (χ0) is 12.5. The number of hydrogen-bond acceptors (Lipinski definition) is 4. The lowest BCUT2D eigenvalue weighted by atomic mass is 9.97. The summed E-state index contributed by atoms with van der Waals surface area (Å²) in [4.78, 5) is 2.39. The van der Waals surface area contributed by atoms with E-state index in [-0.39, 0.29) is 6.04 Å². The lowest BCUT2D eigenvalue weighted by Crippen LogP contribution is -2.46. The zero-order valence-electron chi connectivity index (χ0n) is 10.8. The Labute approximate surface area is 113 Å². The summed E-state index contributed by atoms with van der Waals surface area (Å²) in [7, 11) is 2.18. The van der Waals surface area contributed by atoms with Crippen molar-refractivity contribution in [1.29, 1.82) is 0 Å². The van der Waals surface area contributed by atoms with Crippen molar-refractivity contribution in [3.63, 3.8) is 0 Å². The largest absolute Gasteiger partial charge is 0.493 e. The Balaban J connectivity index is 1.81. The molecule has 1 fully saturated rings. The molecule has 98 valence electrons. The number of rotatable bonds is 2.